The Morgan fingerprint density at radius 2 is 0.917 bits per heavy atom. The van der Waals surface area contributed by atoms with E-state index in [2.05, 4.69) is 0 Å². The van der Waals surface area contributed by atoms with Gasteiger partial charge >= 0.3 is 0 Å². The zero-order valence-corrected chi connectivity index (χ0v) is 16.1. The second kappa shape index (κ2) is 19.1. The van der Waals surface area contributed by atoms with Crippen LogP contribution < -0.4 is 0 Å². The number of rotatable bonds is 19. The largest absolute Gasteiger partial charge is 0.382 e. The summed E-state index contributed by atoms with van der Waals surface area (Å²) >= 11 is 0. The van der Waals surface area contributed by atoms with Gasteiger partial charge in [-0.25, -0.2) is 0 Å². The second-order valence-electron chi connectivity index (χ2n) is 5.91. The topological polar surface area (TPSA) is 55.4 Å². The molecule has 0 radical (unpaired) electrons. The van der Waals surface area contributed by atoms with Crippen molar-refractivity contribution >= 4 is 0 Å². The van der Waals surface area contributed by atoms with Crippen molar-refractivity contribution in [1.29, 1.82) is 0 Å². The molecule has 0 N–H and O–H groups in total. The lowest BCUT2D eigenvalue weighted by atomic mass is 10.3. The molecule has 0 aromatic heterocycles. The average Bonchev–Trinajstić information content (AvgIpc) is 2.55. The number of unbranched alkanes of at least 4 members (excludes halogenated alkanes) is 2. The fourth-order valence-corrected chi connectivity index (χ4v) is 2.07. The molecule has 0 aliphatic rings. The molecule has 146 valence electrons. The van der Waals surface area contributed by atoms with Crippen LogP contribution in [0.2, 0.25) is 0 Å². The molecule has 24 heavy (non-hydrogen) atoms. The van der Waals surface area contributed by atoms with Gasteiger partial charge in [0.1, 0.15) is 0 Å². The van der Waals surface area contributed by atoms with Gasteiger partial charge in [-0.05, 0) is 39.5 Å². The highest BCUT2D eigenvalue weighted by molar-refractivity contribution is 4.48. The van der Waals surface area contributed by atoms with E-state index in [1.165, 1.54) is 0 Å². The van der Waals surface area contributed by atoms with Crippen molar-refractivity contribution in [3.63, 3.8) is 0 Å². The Kier molecular flexibility index (Phi) is 18.9. The molecule has 0 heterocycles. The molecule has 2 atom stereocenters. The lowest BCUT2D eigenvalue weighted by Gasteiger charge is -2.12. The highest BCUT2D eigenvalue weighted by Gasteiger charge is 2.01. The van der Waals surface area contributed by atoms with E-state index in [1.807, 2.05) is 13.8 Å². The molecule has 0 aromatic rings. The summed E-state index contributed by atoms with van der Waals surface area (Å²) in [7, 11) is 3.38. The van der Waals surface area contributed by atoms with E-state index in [0.29, 0.717) is 26.4 Å². The number of methoxy groups -OCH3 is 2. The summed E-state index contributed by atoms with van der Waals surface area (Å²) in [6.45, 7) is 9.67. The third-order valence-corrected chi connectivity index (χ3v) is 3.35. The summed E-state index contributed by atoms with van der Waals surface area (Å²) in [5.74, 6) is 0. The van der Waals surface area contributed by atoms with Gasteiger partial charge in [0, 0.05) is 40.6 Å². The lowest BCUT2D eigenvalue weighted by molar-refractivity contribution is 0.000477. The van der Waals surface area contributed by atoms with E-state index in [-0.39, 0.29) is 12.2 Å². The first-order valence-corrected chi connectivity index (χ1v) is 9.07. The SMILES string of the molecule is COCC(C)OCCCCOCCOCCCCOC(C)COC. The van der Waals surface area contributed by atoms with E-state index < -0.39 is 0 Å². The summed E-state index contributed by atoms with van der Waals surface area (Å²) in [6, 6.07) is 0. The molecule has 0 saturated heterocycles. The van der Waals surface area contributed by atoms with Gasteiger partial charge in [-0.15, -0.1) is 0 Å². The molecule has 0 rings (SSSR count). The van der Waals surface area contributed by atoms with Gasteiger partial charge in [0.05, 0.1) is 38.6 Å². The summed E-state index contributed by atoms with van der Waals surface area (Å²) < 4.78 is 32.2. The van der Waals surface area contributed by atoms with E-state index in [9.17, 15) is 0 Å². The summed E-state index contributed by atoms with van der Waals surface area (Å²) in [5, 5.41) is 0. The maximum Gasteiger partial charge on any atom is 0.0780 e. The maximum atomic E-state index is 5.58. The Labute approximate surface area is 148 Å². The summed E-state index contributed by atoms with van der Waals surface area (Å²) in [4.78, 5) is 0. The van der Waals surface area contributed by atoms with Crippen LogP contribution in [0.1, 0.15) is 39.5 Å². The van der Waals surface area contributed by atoms with Crippen molar-refractivity contribution in [2.75, 3.05) is 67.1 Å². The molecule has 0 spiro atoms. The van der Waals surface area contributed by atoms with Crippen LogP contribution in [0.25, 0.3) is 0 Å². The fourth-order valence-electron chi connectivity index (χ4n) is 2.07. The minimum absolute atomic E-state index is 0.165. The predicted octanol–water partition coefficient (Wildman–Crippen LogP) is 2.68. The third-order valence-electron chi connectivity index (χ3n) is 3.35. The molecular weight excluding hydrogens is 312 g/mol. The van der Waals surface area contributed by atoms with E-state index in [0.717, 1.165) is 52.1 Å². The third kappa shape index (κ3) is 18.1. The molecule has 2 unspecified atom stereocenters. The van der Waals surface area contributed by atoms with Gasteiger partial charge in [-0.1, -0.05) is 0 Å². The van der Waals surface area contributed by atoms with Gasteiger partial charge in [0.25, 0.3) is 0 Å². The monoisotopic (exact) mass is 350 g/mol. The summed E-state index contributed by atoms with van der Waals surface area (Å²) in [5.41, 5.74) is 0. The zero-order valence-electron chi connectivity index (χ0n) is 16.1. The van der Waals surface area contributed by atoms with Crippen molar-refractivity contribution in [2.24, 2.45) is 0 Å². The quantitative estimate of drug-likeness (QED) is 0.334. The van der Waals surface area contributed by atoms with Crippen molar-refractivity contribution in [3.8, 4) is 0 Å². The molecule has 0 aromatic carbocycles. The van der Waals surface area contributed by atoms with Gasteiger partial charge in [0.2, 0.25) is 0 Å². The molecular formula is C18H38O6. The highest BCUT2D eigenvalue weighted by Crippen LogP contribution is 1.98. The van der Waals surface area contributed by atoms with Gasteiger partial charge < -0.3 is 28.4 Å². The number of hydrogen-bond donors (Lipinski definition) is 0. The van der Waals surface area contributed by atoms with E-state index in [1.54, 1.807) is 14.2 Å². The molecule has 0 bridgehead atoms. The van der Waals surface area contributed by atoms with Gasteiger partial charge in [-0.3, -0.25) is 0 Å². The predicted molar refractivity (Wildman–Crippen MR) is 94.7 cm³/mol. The van der Waals surface area contributed by atoms with Crippen molar-refractivity contribution in [2.45, 2.75) is 51.7 Å². The smallest absolute Gasteiger partial charge is 0.0780 e. The Balaban J connectivity index is 3.07. The molecule has 6 nitrogen and oxygen atoms in total. The van der Waals surface area contributed by atoms with Crippen LogP contribution in [0.5, 0.6) is 0 Å². The van der Waals surface area contributed by atoms with Crippen LogP contribution in [0.15, 0.2) is 0 Å². The van der Waals surface area contributed by atoms with Crippen LogP contribution in [-0.2, 0) is 28.4 Å². The first kappa shape index (κ1) is 23.8. The zero-order chi connectivity index (χ0) is 17.9. The standard InChI is InChI=1S/C18H38O6/c1-17(15-19-3)23-11-7-5-9-21-13-14-22-10-6-8-12-24-18(2)16-20-4/h17-18H,5-16H2,1-4H3. The van der Waals surface area contributed by atoms with Crippen molar-refractivity contribution in [1.82, 2.24) is 0 Å². The molecule has 0 aliphatic heterocycles. The minimum Gasteiger partial charge on any atom is -0.382 e. The number of hydrogen-bond acceptors (Lipinski definition) is 6. The lowest BCUT2D eigenvalue weighted by Crippen LogP contribution is -2.16. The first-order chi connectivity index (χ1) is 11.7. The second-order valence-corrected chi connectivity index (χ2v) is 5.91. The van der Waals surface area contributed by atoms with E-state index in [4.69, 9.17) is 28.4 Å². The minimum atomic E-state index is 0.165. The molecule has 0 amide bonds. The van der Waals surface area contributed by atoms with Gasteiger partial charge in [0.15, 0.2) is 0 Å². The molecule has 0 aliphatic carbocycles. The summed E-state index contributed by atoms with van der Waals surface area (Å²) in [6.07, 6.45) is 4.37. The van der Waals surface area contributed by atoms with Crippen LogP contribution in [0.4, 0.5) is 0 Å². The Bertz CT molecular complexity index is 216. The Hall–Kier alpha value is -0.240. The van der Waals surface area contributed by atoms with Crippen LogP contribution in [-0.4, -0.2) is 79.3 Å². The Morgan fingerprint density at radius 1 is 0.542 bits per heavy atom. The van der Waals surface area contributed by atoms with Crippen molar-refractivity contribution < 1.29 is 28.4 Å². The van der Waals surface area contributed by atoms with Crippen LogP contribution >= 0.6 is 0 Å². The fraction of sp³-hybridized carbons (Fsp3) is 1.00. The van der Waals surface area contributed by atoms with Gasteiger partial charge in [-0.2, -0.15) is 0 Å². The molecule has 0 saturated carbocycles. The molecule has 0 fully saturated rings. The van der Waals surface area contributed by atoms with Crippen LogP contribution in [0.3, 0.4) is 0 Å². The van der Waals surface area contributed by atoms with E-state index >= 15 is 0 Å². The van der Waals surface area contributed by atoms with Crippen LogP contribution in [0, 0.1) is 0 Å². The Morgan fingerprint density at radius 3 is 1.29 bits per heavy atom. The highest BCUT2D eigenvalue weighted by atomic mass is 16.5. The molecule has 6 heteroatoms. The first-order valence-electron chi connectivity index (χ1n) is 9.07. The normalized spacial score (nSPS) is 14.0. The van der Waals surface area contributed by atoms with Crippen molar-refractivity contribution in [3.05, 3.63) is 0 Å². The number of ether oxygens (including phenoxy) is 6. The maximum absolute atomic E-state index is 5.58. The average molecular weight is 350 g/mol.